The van der Waals surface area contributed by atoms with Gasteiger partial charge < -0.3 is 10.5 Å². The minimum absolute atomic E-state index is 0. The number of rotatable bonds is 0. The summed E-state index contributed by atoms with van der Waals surface area (Å²) in [5.41, 5.74) is 0. The molecule has 6 heavy (non-hydrogen) atoms. The van der Waals surface area contributed by atoms with Gasteiger partial charge in [-0.2, -0.15) is 0 Å². The zero-order valence-corrected chi connectivity index (χ0v) is 5.49. The summed E-state index contributed by atoms with van der Waals surface area (Å²) in [7, 11) is 0. The zero-order valence-electron chi connectivity index (χ0n) is 3.67. The Morgan fingerprint density at radius 3 is 1.83 bits per heavy atom. The molecule has 34 valence electrons. The monoisotopic (exact) mass is 135 g/mol. The smallest absolute Gasteiger partial charge is 1.00 e. The second kappa shape index (κ2) is 9.78. The molecule has 0 aliphatic carbocycles. The fraction of sp³-hybridized carbons (Fsp3) is 0. The van der Waals surface area contributed by atoms with Crippen LogP contribution in [0, 0.1) is 0 Å². The molecular formula is H5AlNaO3S-. The van der Waals surface area contributed by atoms with Crippen LogP contribution >= 0.6 is 0 Å². The first-order valence-electron chi connectivity index (χ1n) is 0.516. The maximum Gasteiger partial charge on any atom is 1.00 e. The van der Waals surface area contributed by atoms with Crippen LogP contribution in [0.15, 0.2) is 0 Å². The van der Waals surface area contributed by atoms with E-state index in [2.05, 4.69) is 0 Å². The minimum atomic E-state index is -2.86. The molecule has 0 aromatic carbocycles. The van der Waals surface area contributed by atoms with E-state index in [0.717, 1.165) is 0 Å². The SMILES string of the molecule is O=S([O-])O.[AlH3].[H-].[Na+]. The van der Waals surface area contributed by atoms with Crippen LogP contribution in [0.3, 0.4) is 0 Å². The molecule has 0 aromatic rings. The van der Waals surface area contributed by atoms with E-state index in [0.29, 0.717) is 0 Å². The molecule has 0 fully saturated rings. The van der Waals surface area contributed by atoms with Gasteiger partial charge in [-0.3, -0.25) is 0 Å². The van der Waals surface area contributed by atoms with E-state index in [9.17, 15) is 0 Å². The fourth-order valence-electron chi connectivity index (χ4n) is 0. The van der Waals surface area contributed by atoms with Crippen LogP contribution in [0.5, 0.6) is 0 Å². The average molecular weight is 135 g/mol. The van der Waals surface area contributed by atoms with Crippen molar-refractivity contribution in [2.24, 2.45) is 0 Å². The van der Waals surface area contributed by atoms with Crippen LogP contribution in [0.1, 0.15) is 1.43 Å². The van der Waals surface area contributed by atoms with Gasteiger partial charge in [0, 0.05) is 0 Å². The Balaban J connectivity index is -0.0000000150. The Bertz CT molecular complexity index is 37.9. The van der Waals surface area contributed by atoms with Gasteiger partial charge in [0.25, 0.3) is 0 Å². The van der Waals surface area contributed by atoms with Gasteiger partial charge in [-0.15, -0.1) is 0 Å². The Kier molecular flexibility index (Phi) is 25.5. The summed E-state index contributed by atoms with van der Waals surface area (Å²) < 4.78 is 24.1. The molecular weight excluding hydrogens is 130 g/mol. The second-order valence-electron chi connectivity index (χ2n) is 0.217. The fourth-order valence-corrected chi connectivity index (χ4v) is 0. The summed E-state index contributed by atoms with van der Waals surface area (Å²) in [5, 5.41) is 0. The first-order valence-corrected chi connectivity index (χ1v) is 1.55. The molecule has 0 radical (unpaired) electrons. The maximum absolute atomic E-state index is 8.56. The predicted octanol–water partition coefficient (Wildman–Crippen LogP) is -4.73. The third kappa shape index (κ3) is 46.2. The quantitative estimate of drug-likeness (QED) is 0.268. The first-order chi connectivity index (χ1) is 1.73. The van der Waals surface area contributed by atoms with Gasteiger partial charge in [0.2, 0.25) is 0 Å². The van der Waals surface area contributed by atoms with E-state index in [1.807, 2.05) is 0 Å². The number of hydrogen-bond acceptors (Lipinski definition) is 2. The van der Waals surface area contributed by atoms with Gasteiger partial charge in [0.05, 0.1) is 11.4 Å². The van der Waals surface area contributed by atoms with Crippen molar-refractivity contribution in [3.8, 4) is 0 Å². The van der Waals surface area contributed by atoms with Gasteiger partial charge >= 0.3 is 29.6 Å². The standard InChI is InChI=1S/Al.Na.H2O3S.4H/c;;1-4(2)3;;;;/h;;(H2,1,2,3);;;;/q;+1;;;;;-1/p-1. The molecule has 0 aliphatic rings. The van der Waals surface area contributed by atoms with Crippen LogP contribution in [-0.4, -0.2) is 30.7 Å². The molecule has 0 spiro atoms. The third-order valence-electron chi connectivity index (χ3n) is 0. The van der Waals surface area contributed by atoms with E-state index in [-0.39, 0.29) is 48.3 Å². The first kappa shape index (κ1) is 15.6. The Hall–Kier alpha value is 1.60. The molecule has 1 unspecified atom stereocenters. The van der Waals surface area contributed by atoms with Crippen molar-refractivity contribution in [1.82, 2.24) is 0 Å². The summed E-state index contributed by atoms with van der Waals surface area (Å²) in [6, 6.07) is 0. The Morgan fingerprint density at radius 2 is 1.83 bits per heavy atom. The largest absolute Gasteiger partial charge is 1.00 e. The molecule has 0 saturated heterocycles. The summed E-state index contributed by atoms with van der Waals surface area (Å²) in [6.45, 7) is 0. The van der Waals surface area contributed by atoms with Gasteiger partial charge in [-0.25, -0.2) is 4.21 Å². The summed E-state index contributed by atoms with van der Waals surface area (Å²) in [4.78, 5) is 0. The van der Waals surface area contributed by atoms with E-state index in [1.54, 1.807) is 0 Å². The van der Waals surface area contributed by atoms with Crippen molar-refractivity contribution in [2.75, 3.05) is 0 Å². The van der Waals surface area contributed by atoms with Crippen LogP contribution in [0.25, 0.3) is 0 Å². The van der Waals surface area contributed by atoms with Crippen molar-refractivity contribution in [2.45, 2.75) is 0 Å². The normalized spacial score (nSPS) is 10.3. The molecule has 6 heteroatoms. The van der Waals surface area contributed by atoms with Crippen LogP contribution < -0.4 is 29.6 Å². The summed E-state index contributed by atoms with van der Waals surface area (Å²) in [6.07, 6.45) is 0. The van der Waals surface area contributed by atoms with Crippen molar-refractivity contribution >= 4 is 28.7 Å². The zero-order chi connectivity index (χ0) is 3.58. The molecule has 0 heterocycles. The second-order valence-corrected chi connectivity index (χ2v) is 0.651. The molecule has 0 bridgehead atoms. The van der Waals surface area contributed by atoms with Crippen molar-refractivity contribution < 1.29 is 44.3 Å². The van der Waals surface area contributed by atoms with E-state index < -0.39 is 11.4 Å². The van der Waals surface area contributed by atoms with Gasteiger partial charge in [-0.1, -0.05) is 0 Å². The molecule has 0 aromatic heterocycles. The molecule has 0 rings (SSSR count). The van der Waals surface area contributed by atoms with Gasteiger partial charge in [0.15, 0.2) is 17.4 Å². The van der Waals surface area contributed by atoms with E-state index in [1.165, 1.54) is 0 Å². The van der Waals surface area contributed by atoms with Crippen molar-refractivity contribution in [1.29, 1.82) is 0 Å². The minimum Gasteiger partial charge on any atom is -1.00 e. The van der Waals surface area contributed by atoms with Crippen LogP contribution in [0.4, 0.5) is 0 Å². The van der Waals surface area contributed by atoms with E-state index in [4.69, 9.17) is 13.3 Å². The molecule has 0 aliphatic heterocycles. The number of hydrogen-bond donors (Lipinski definition) is 1. The van der Waals surface area contributed by atoms with Gasteiger partial charge in [0.1, 0.15) is 0 Å². The summed E-state index contributed by atoms with van der Waals surface area (Å²) in [5.74, 6) is 0. The molecule has 1 N–H and O–H groups in total. The summed E-state index contributed by atoms with van der Waals surface area (Å²) >= 11 is -2.86. The Morgan fingerprint density at radius 1 is 1.83 bits per heavy atom. The maximum atomic E-state index is 8.56. The van der Waals surface area contributed by atoms with Crippen molar-refractivity contribution in [3.05, 3.63) is 0 Å². The average Bonchev–Trinajstić information content (AvgIpc) is 0.811. The van der Waals surface area contributed by atoms with Crippen molar-refractivity contribution in [3.63, 3.8) is 0 Å². The third-order valence-corrected chi connectivity index (χ3v) is 0. The topological polar surface area (TPSA) is 60.4 Å². The molecule has 0 saturated carbocycles. The molecule has 1 atom stereocenters. The molecule has 0 amide bonds. The predicted molar refractivity (Wildman–Crippen MR) is 22.6 cm³/mol. The molecule has 3 nitrogen and oxygen atoms in total. The van der Waals surface area contributed by atoms with Crippen LogP contribution in [0.2, 0.25) is 0 Å². The van der Waals surface area contributed by atoms with Crippen LogP contribution in [-0.2, 0) is 11.4 Å². The van der Waals surface area contributed by atoms with E-state index >= 15 is 0 Å². The Labute approximate surface area is 72.5 Å². The van der Waals surface area contributed by atoms with Gasteiger partial charge in [-0.05, 0) is 0 Å².